The summed E-state index contributed by atoms with van der Waals surface area (Å²) in [6.45, 7) is 13.9. The molecule has 0 aromatic carbocycles. The molecule has 19 heavy (non-hydrogen) atoms. The van der Waals surface area contributed by atoms with E-state index in [9.17, 15) is 4.79 Å². The zero-order valence-corrected chi connectivity index (χ0v) is 13.7. The van der Waals surface area contributed by atoms with Gasteiger partial charge in [-0.3, -0.25) is 10.1 Å². The predicted octanol–water partition coefficient (Wildman–Crippen LogP) is 2.71. The Morgan fingerprint density at radius 1 is 1.26 bits per heavy atom. The van der Waals surface area contributed by atoms with E-state index in [-0.39, 0.29) is 23.5 Å². The van der Waals surface area contributed by atoms with Gasteiger partial charge < -0.3 is 5.32 Å². The molecular formula is C14H25N3OS. The second kappa shape index (κ2) is 6.01. The summed E-state index contributed by atoms with van der Waals surface area (Å²) >= 11 is 1.68. The highest BCUT2D eigenvalue weighted by atomic mass is 32.1. The molecule has 1 aromatic rings. The summed E-state index contributed by atoms with van der Waals surface area (Å²) in [5.74, 6) is 0.0261. The highest BCUT2D eigenvalue weighted by Crippen LogP contribution is 2.24. The Hall–Kier alpha value is -0.940. The smallest absolute Gasteiger partial charge is 0.237 e. The van der Waals surface area contributed by atoms with Gasteiger partial charge in [-0.05, 0) is 48.5 Å². The first kappa shape index (κ1) is 16.1. The first-order valence-electron chi connectivity index (χ1n) is 6.62. The molecule has 1 heterocycles. The van der Waals surface area contributed by atoms with Crippen LogP contribution in [-0.4, -0.2) is 22.5 Å². The molecule has 0 aliphatic heterocycles. The van der Waals surface area contributed by atoms with Crippen LogP contribution in [0.15, 0.2) is 0 Å². The third-order valence-electron chi connectivity index (χ3n) is 2.72. The number of carbonyl (C=O) groups is 1. The van der Waals surface area contributed by atoms with Crippen molar-refractivity contribution in [3.63, 3.8) is 0 Å². The molecule has 0 saturated carbocycles. The number of thiazole rings is 1. The quantitative estimate of drug-likeness (QED) is 0.893. The van der Waals surface area contributed by atoms with Gasteiger partial charge in [0.2, 0.25) is 5.91 Å². The van der Waals surface area contributed by atoms with Gasteiger partial charge in [0.1, 0.15) is 0 Å². The van der Waals surface area contributed by atoms with E-state index in [0.29, 0.717) is 0 Å². The van der Waals surface area contributed by atoms with Gasteiger partial charge in [0.15, 0.2) is 0 Å². The van der Waals surface area contributed by atoms with Crippen molar-refractivity contribution in [1.29, 1.82) is 0 Å². The van der Waals surface area contributed by atoms with Crippen LogP contribution in [0.4, 0.5) is 0 Å². The van der Waals surface area contributed by atoms with Crippen LogP contribution < -0.4 is 10.6 Å². The van der Waals surface area contributed by atoms with Crippen molar-refractivity contribution in [1.82, 2.24) is 15.6 Å². The van der Waals surface area contributed by atoms with Crippen molar-refractivity contribution in [3.8, 4) is 0 Å². The fourth-order valence-corrected chi connectivity index (χ4v) is 2.89. The standard InChI is InChI=1S/C14H25N3OS/c1-8(12-9(2)16-11(4)19-12)15-10(3)13(18)17-14(5,6)7/h8,10,15H,1-7H3,(H,17,18). The summed E-state index contributed by atoms with van der Waals surface area (Å²) in [6.07, 6.45) is 0. The molecule has 1 rings (SSSR count). The van der Waals surface area contributed by atoms with E-state index in [1.165, 1.54) is 4.88 Å². The molecule has 1 amide bonds. The molecule has 108 valence electrons. The van der Waals surface area contributed by atoms with E-state index in [1.54, 1.807) is 11.3 Å². The van der Waals surface area contributed by atoms with Crippen LogP contribution in [0.25, 0.3) is 0 Å². The molecule has 1 aromatic heterocycles. The number of aryl methyl sites for hydroxylation is 2. The van der Waals surface area contributed by atoms with Crippen molar-refractivity contribution in [2.24, 2.45) is 0 Å². The zero-order chi connectivity index (χ0) is 14.8. The van der Waals surface area contributed by atoms with Gasteiger partial charge in [0, 0.05) is 16.5 Å². The average Bonchev–Trinajstić information content (AvgIpc) is 2.55. The first-order valence-corrected chi connectivity index (χ1v) is 7.44. The molecule has 2 atom stereocenters. The molecule has 4 nitrogen and oxygen atoms in total. The maximum atomic E-state index is 12.0. The van der Waals surface area contributed by atoms with Gasteiger partial charge >= 0.3 is 0 Å². The van der Waals surface area contributed by atoms with Gasteiger partial charge in [-0.25, -0.2) is 4.98 Å². The Kier molecular flexibility index (Phi) is 5.10. The predicted molar refractivity (Wildman–Crippen MR) is 80.5 cm³/mol. The molecule has 5 heteroatoms. The Morgan fingerprint density at radius 2 is 1.84 bits per heavy atom. The van der Waals surface area contributed by atoms with E-state index in [4.69, 9.17) is 0 Å². The topological polar surface area (TPSA) is 54.0 Å². The van der Waals surface area contributed by atoms with Crippen LogP contribution in [-0.2, 0) is 4.79 Å². The van der Waals surface area contributed by atoms with Gasteiger partial charge in [-0.1, -0.05) is 0 Å². The molecule has 0 radical (unpaired) electrons. The van der Waals surface area contributed by atoms with E-state index in [1.807, 2.05) is 41.5 Å². The highest BCUT2D eigenvalue weighted by molar-refractivity contribution is 7.11. The van der Waals surface area contributed by atoms with Gasteiger partial charge in [0.05, 0.1) is 16.7 Å². The van der Waals surface area contributed by atoms with E-state index in [0.717, 1.165) is 10.7 Å². The number of hydrogen-bond donors (Lipinski definition) is 2. The largest absolute Gasteiger partial charge is 0.350 e. The summed E-state index contributed by atoms with van der Waals surface area (Å²) in [6, 6.07) is -0.0945. The summed E-state index contributed by atoms with van der Waals surface area (Å²) in [7, 11) is 0. The average molecular weight is 283 g/mol. The second-order valence-electron chi connectivity index (χ2n) is 6.03. The molecule has 0 aliphatic rings. The van der Waals surface area contributed by atoms with Crippen LogP contribution in [0.5, 0.6) is 0 Å². The molecule has 0 aliphatic carbocycles. The van der Waals surface area contributed by atoms with Crippen LogP contribution >= 0.6 is 11.3 Å². The van der Waals surface area contributed by atoms with Crippen LogP contribution in [0.2, 0.25) is 0 Å². The van der Waals surface area contributed by atoms with Gasteiger partial charge in [-0.15, -0.1) is 11.3 Å². The summed E-state index contributed by atoms with van der Waals surface area (Å²) in [5.41, 5.74) is 0.846. The summed E-state index contributed by atoms with van der Waals surface area (Å²) in [4.78, 5) is 17.7. The fraction of sp³-hybridized carbons (Fsp3) is 0.714. The molecule has 0 saturated heterocycles. The molecule has 2 N–H and O–H groups in total. The minimum atomic E-state index is -0.226. The molecule has 0 bridgehead atoms. The van der Waals surface area contributed by atoms with Crippen molar-refractivity contribution in [2.75, 3.05) is 0 Å². The minimum Gasteiger partial charge on any atom is -0.350 e. The number of nitrogens with one attached hydrogen (secondary N) is 2. The maximum Gasteiger partial charge on any atom is 0.237 e. The Labute approximate surface area is 120 Å². The number of aromatic nitrogens is 1. The van der Waals surface area contributed by atoms with Crippen LogP contribution in [0.1, 0.15) is 56.2 Å². The number of hydrogen-bond acceptors (Lipinski definition) is 4. The number of rotatable bonds is 4. The molecular weight excluding hydrogens is 258 g/mol. The molecule has 2 unspecified atom stereocenters. The molecule has 0 spiro atoms. The van der Waals surface area contributed by atoms with Crippen molar-refractivity contribution >= 4 is 17.2 Å². The van der Waals surface area contributed by atoms with Crippen molar-refractivity contribution in [3.05, 3.63) is 15.6 Å². The Bertz CT molecular complexity index is 448. The van der Waals surface area contributed by atoms with E-state index < -0.39 is 0 Å². The SMILES string of the molecule is Cc1nc(C)c(C(C)NC(C)C(=O)NC(C)(C)C)s1. The van der Waals surface area contributed by atoms with E-state index in [2.05, 4.69) is 22.5 Å². The third kappa shape index (κ3) is 4.91. The summed E-state index contributed by atoms with van der Waals surface area (Å²) in [5, 5.41) is 7.38. The van der Waals surface area contributed by atoms with Crippen molar-refractivity contribution in [2.45, 2.75) is 66.1 Å². The van der Waals surface area contributed by atoms with E-state index >= 15 is 0 Å². The monoisotopic (exact) mass is 283 g/mol. The lowest BCUT2D eigenvalue weighted by Crippen LogP contribution is -2.49. The lowest BCUT2D eigenvalue weighted by Gasteiger charge is -2.25. The third-order valence-corrected chi connectivity index (χ3v) is 3.98. The number of nitrogens with zero attached hydrogens (tertiary/aromatic N) is 1. The second-order valence-corrected chi connectivity index (χ2v) is 7.27. The lowest BCUT2D eigenvalue weighted by molar-refractivity contribution is -0.124. The Balaban J connectivity index is 2.64. The minimum absolute atomic E-state index is 0.0261. The lowest BCUT2D eigenvalue weighted by atomic mass is 10.1. The summed E-state index contributed by atoms with van der Waals surface area (Å²) < 4.78 is 0. The fourth-order valence-electron chi connectivity index (χ4n) is 1.95. The van der Waals surface area contributed by atoms with Gasteiger partial charge in [-0.2, -0.15) is 0 Å². The zero-order valence-electron chi connectivity index (χ0n) is 12.9. The van der Waals surface area contributed by atoms with Crippen LogP contribution in [0.3, 0.4) is 0 Å². The first-order chi connectivity index (χ1) is 8.60. The number of carbonyl (C=O) groups excluding carboxylic acids is 1. The maximum absolute atomic E-state index is 12.0. The van der Waals surface area contributed by atoms with Crippen molar-refractivity contribution < 1.29 is 4.79 Å². The van der Waals surface area contributed by atoms with Crippen LogP contribution in [0, 0.1) is 13.8 Å². The Morgan fingerprint density at radius 3 is 2.26 bits per heavy atom. The number of amides is 1. The highest BCUT2D eigenvalue weighted by Gasteiger charge is 2.22. The molecule has 0 fully saturated rings. The normalized spacial score (nSPS) is 15.1. The van der Waals surface area contributed by atoms with Gasteiger partial charge in [0.25, 0.3) is 0 Å².